The summed E-state index contributed by atoms with van der Waals surface area (Å²) in [6.45, 7) is 5.25. The molecule has 2 atom stereocenters. The van der Waals surface area contributed by atoms with Crippen molar-refractivity contribution >= 4 is 12.0 Å². The van der Waals surface area contributed by atoms with Gasteiger partial charge in [0.1, 0.15) is 0 Å². The highest BCUT2D eigenvalue weighted by atomic mass is 16.4. The van der Waals surface area contributed by atoms with E-state index in [0.29, 0.717) is 0 Å². The van der Waals surface area contributed by atoms with Crippen LogP contribution in [0.2, 0.25) is 0 Å². The van der Waals surface area contributed by atoms with E-state index >= 15 is 0 Å². The quantitative estimate of drug-likeness (QED) is 0.524. The number of nitrogens with one attached hydrogen (secondary N) is 2. The van der Waals surface area contributed by atoms with Crippen LogP contribution in [0.3, 0.4) is 0 Å². The molecular weight excluding hydrogens is 212 g/mol. The average molecular weight is 232 g/mol. The fraction of sp³-hybridized carbons (Fsp3) is 0.800. The topological polar surface area (TPSA) is 98.7 Å². The number of aliphatic hydroxyl groups excluding tert-OH is 1. The summed E-state index contributed by atoms with van der Waals surface area (Å²) in [5.74, 6) is -0.983. The van der Waals surface area contributed by atoms with Crippen LogP contribution in [0.5, 0.6) is 0 Å². The molecule has 0 saturated heterocycles. The Kier molecular flexibility index (Phi) is 6.48. The predicted octanol–water partition coefficient (Wildman–Crippen LogP) is 0.166. The van der Waals surface area contributed by atoms with Crippen LogP contribution in [0.4, 0.5) is 4.79 Å². The second-order valence-corrected chi connectivity index (χ2v) is 3.95. The Labute approximate surface area is 95.0 Å². The van der Waals surface area contributed by atoms with E-state index in [0.717, 1.165) is 6.42 Å². The smallest absolute Gasteiger partial charge is 0.328 e. The lowest BCUT2D eigenvalue weighted by molar-refractivity contribution is -0.140. The van der Waals surface area contributed by atoms with Gasteiger partial charge in [-0.2, -0.15) is 0 Å². The van der Waals surface area contributed by atoms with Crippen LogP contribution in [0.1, 0.15) is 27.2 Å². The van der Waals surface area contributed by atoms with Gasteiger partial charge in [-0.1, -0.05) is 20.8 Å². The summed E-state index contributed by atoms with van der Waals surface area (Å²) in [5, 5.41) is 22.2. The molecule has 94 valence electrons. The van der Waals surface area contributed by atoms with Gasteiger partial charge in [0.2, 0.25) is 0 Å². The molecule has 0 aliphatic heterocycles. The van der Waals surface area contributed by atoms with Gasteiger partial charge in [0.15, 0.2) is 6.04 Å². The molecule has 2 amide bonds. The van der Waals surface area contributed by atoms with E-state index in [1.807, 2.05) is 20.8 Å². The van der Waals surface area contributed by atoms with E-state index in [2.05, 4.69) is 10.6 Å². The Bertz CT molecular complexity index is 243. The second-order valence-electron chi connectivity index (χ2n) is 3.95. The fourth-order valence-electron chi connectivity index (χ4n) is 1.29. The number of carbonyl (C=O) groups is 2. The number of urea groups is 1. The first-order chi connectivity index (χ1) is 7.42. The van der Waals surface area contributed by atoms with E-state index in [4.69, 9.17) is 10.2 Å². The fourth-order valence-corrected chi connectivity index (χ4v) is 1.29. The van der Waals surface area contributed by atoms with Crippen molar-refractivity contribution < 1.29 is 19.8 Å². The largest absolute Gasteiger partial charge is 0.480 e. The number of rotatable bonds is 6. The first kappa shape index (κ1) is 14.7. The Morgan fingerprint density at radius 3 is 2.12 bits per heavy atom. The normalized spacial score (nSPS) is 14.3. The summed E-state index contributed by atoms with van der Waals surface area (Å²) in [7, 11) is 0. The zero-order valence-electron chi connectivity index (χ0n) is 9.86. The zero-order chi connectivity index (χ0) is 12.7. The summed E-state index contributed by atoms with van der Waals surface area (Å²) in [4.78, 5) is 21.9. The number of hydrogen-bond donors (Lipinski definition) is 4. The minimum absolute atomic E-state index is 0.00635. The molecule has 0 fully saturated rings. The lowest BCUT2D eigenvalue weighted by Crippen LogP contribution is -2.51. The molecule has 0 saturated carbocycles. The van der Waals surface area contributed by atoms with Gasteiger partial charge in [-0.3, -0.25) is 0 Å². The summed E-state index contributed by atoms with van der Waals surface area (Å²) in [6, 6.07) is -1.83. The summed E-state index contributed by atoms with van der Waals surface area (Å²) in [5.41, 5.74) is 0. The number of carboxylic acid groups (broad SMARTS) is 1. The van der Waals surface area contributed by atoms with Gasteiger partial charge >= 0.3 is 12.0 Å². The Balaban J connectivity index is 4.20. The highest BCUT2D eigenvalue weighted by Gasteiger charge is 2.20. The first-order valence-electron chi connectivity index (χ1n) is 5.33. The van der Waals surface area contributed by atoms with Crippen molar-refractivity contribution in [3.8, 4) is 0 Å². The molecule has 0 rings (SSSR count). The molecule has 0 aliphatic carbocycles. The van der Waals surface area contributed by atoms with Crippen molar-refractivity contribution in [2.75, 3.05) is 6.61 Å². The predicted molar refractivity (Wildman–Crippen MR) is 59.1 cm³/mol. The van der Waals surface area contributed by atoms with E-state index < -0.39 is 24.6 Å². The van der Waals surface area contributed by atoms with Crippen molar-refractivity contribution in [3.63, 3.8) is 0 Å². The minimum atomic E-state index is -1.26. The second kappa shape index (κ2) is 7.05. The molecule has 0 aromatic carbocycles. The van der Waals surface area contributed by atoms with Crippen LogP contribution >= 0.6 is 0 Å². The lowest BCUT2D eigenvalue weighted by Gasteiger charge is -2.22. The number of amides is 2. The first-order valence-corrected chi connectivity index (χ1v) is 5.33. The third-order valence-corrected chi connectivity index (χ3v) is 2.35. The molecule has 16 heavy (non-hydrogen) atoms. The zero-order valence-corrected chi connectivity index (χ0v) is 9.86. The van der Waals surface area contributed by atoms with Gasteiger partial charge in [0.25, 0.3) is 0 Å². The van der Waals surface area contributed by atoms with Gasteiger partial charge in [0, 0.05) is 6.04 Å². The molecule has 4 N–H and O–H groups in total. The summed E-state index contributed by atoms with van der Waals surface area (Å²) in [6.07, 6.45) is 0.766. The maximum absolute atomic E-state index is 11.4. The molecule has 0 aliphatic rings. The summed E-state index contributed by atoms with van der Waals surface area (Å²) >= 11 is 0. The van der Waals surface area contributed by atoms with Gasteiger partial charge in [-0.05, 0) is 12.3 Å². The Morgan fingerprint density at radius 2 is 1.81 bits per heavy atom. The molecule has 2 unspecified atom stereocenters. The minimum Gasteiger partial charge on any atom is -0.480 e. The number of carboxylic acids is 1. The van der Waals surface area contributed by atoms with E-state index in [-0.39, 0.29) is 12.0 Å². The highest BCUT2D eigenvalue weighted by Crippen LogP contribution is 2.04. The molecule has 0 bridgehead atoms. The highest BCUT2D eigenvalue weighted by molar-refractivity contribution is 5.82. The molecule has 0 aromatic heterocycles. The third kappa shape index (κ3) is 4.97. The van der Waals surface area contributed by atoms with E-state index in [1.54, 1.807) is 0 Å². The number of hydrogen-bond acceptors (Lipinski definition) is 3. The van der Waals surface area contributed by atoms with Crippen molar-refractivity contribution in [1.29, 1.82) is 0 Å². The number of carbonyl (C=O) groups excluding carboxylic acids is 1. The van der Waals surface area contributed by atoms with Crippen LogP contribution < -0.4 is 10.6 Å². The molecular formula is C10H20N2O4. The molecule has 0 spiro atoms. The van der Waals surface area contributed by atoms with Crippen molar-refractivity contribution in [3.05, 3.63) is 0 Å². The van der Waals surface area contributed by atoms with Crippen LogP contribution in [0.15, 0.2) is 0 Å². The van der Waals surface area contributed by atoms with Crippen LogP contribution in [-0.2, 0) is 4.79 Å². The van der Waals surface area contributed by atoms with Gasteiger partial charge in [-0.15, -0.1) is 0 Å². The average Bonchev–Trinajstić information content (AvgIpc) is 2.21. The van der Waals surface area contributed by atoms with Gasteiger partial charge in [-0.25, -0.2) is 9.59 Å². The van der Waals surface area contributed by atoms with E-state index in [9.17, 15) is 9.59 Å². The molecule has 0 aromatic rings. The van der Waals surface area contributed by atoms with Crippen molar-refractivity contribution in [1.82, 2.24) is 10.6 Å². The lowest BCUT2D eigenvalue weighted by atomic mass is 10.0. The van der Waals surface area contributed by atoms with Crippen LogP contribution in [0.25, 0.3) is 0 Å². The number of aliphatic carboxylic acids is 1. The molecule has 6 heteroatoms. The Hall–Kier alpha value is -1.30. The monoisotopic (exact) mass is 232 g/mol. The van der Waals surface area contributed by atoms with Gasteiger partial charge in [0.05, 0.1) is 6.61 Å². The summed E-state index contributed by atoms with van der Waals surface area (Å²) < 4.78 is 0. The van der Waals surface area contributed by atoms with E-state index in [1.165, 1.54) is 0 Å². The third-order valence-electron chi connectivity index (χ3n) is 2.35. The molecule has 0 heterocycles. The van der Waals surface area contributed by atoms with Crippen LogP contribution in [0, 0.1) is 5.92 Å². The van der Waals surface area contributed by atoms with Crippen molar-refractivity contribution in [2.24, 2.45) is 5.92 Å². The molecule has 0 radical (unpaired) electrons. The van der Waals surface area contributed by atoms with Gasteiger partial charge < -0.3 is 20.8 Å². The standard InChI is InChI=1S/C10H20N2O4/c1-4-7(6(2)3)11-10(16)12-8(5-13)9(14)15/h6-8,13H,4-5H2,1-3H3,(H,14,15)(H2,11,12,16). The molecule has 6 nitrogen and oxygen atoms in total. The SMILES string of the molecule is CCC(NC(=O)NC(CO)C(=O)O)C(C)C. The van der Waals surface area contributed by atoms with Crippen LogP contribution in [-0.4, -0.2) is 40.9 Å². The van der Waals surface area contributed by atoms with Crippen molar-refractivity contribution in [2.45, 2.75) is 39.3 Å². The number of aliphatic hydroxyl groups is 1. The maximum atomic E-state index is 11.4. The Morgan fingerprint density at radius 1 is 1.25 bits per heavy atom. The maximum Gasteiger partial charge on any atom is 0.328 e.